The first-order valence-corrected chi connectivity index (χ1v) is 10.3. The SMILES string of the molecule is CN(Cc1ccco1)C1COC2(CCN(C(=O)c3cnccn3)CC2)C1.O=C(O)C(F)(F)F. The molecule has 33 heavy (non-hydrogen) atoms. The van der Waals surface area contributed by atoms with Gasteiger partial charge in [-0.2, -0.15) is 13.2 Å². The number of amides is 1. The molecule has 1 unspecified atom stereocenters. The normalized spacial score (nSPS) is 19.9. The number of aromatic nitrogens is 2. The number of hydrogen-bond acceptors (Lipinski definition) is 7. The molecule has 1 spiro atoms. The van der Waals surface area contributed by atoms with Crippen molar-refractivity contribution in [1.29, 1.82) is 0 Å². The summed E-state index contributed by atoms with van der Waals surface area (Å²) in [6.07, 6.45) is 4.01. The van der Waals surface area contributed by atoms with Crippen molar-refractivity contribution in [3.63, 3.8) is 0 Å². The standard InChI is InChI=1S/C19H24N4O3.C2HF3O2/c1-22(13-16-3-2-10-25-16)15-11-19(26-14-15)4-8-23(9-5-19)18(24)17-12-20-6-7-21-17;3-2(4,5)1(6)7/h2-3,6-7,10,12,15H,4-5,8-9,11,13-14H2,1H3;(H,6,7). The lowest BCUT2D eigenvalue weighted by atomic mass is 9.87. The third kappa shape index (κ3) is 6.51. The summed E-state index contributed by atoms with van der Waals surface area (Å²) in [6, 6.07) is 4.29. The lowest BCUT2D eigenvalue weighted by Gasteiger charge is -2.38. The zero-order chi connectivity index (χ0) is 24.1. The number of alkyl halides is 3. The Labute approximate surface area is 188 Å². The van der Waals surface area contributed by atoms with Crippen LogP contribution in [0, 0.1) is 0 Å². The topological polar surface area (TPSA) is 109 Å². The number of halogens is 3. The Balaban J connectivity index is 0.000000383. The second-order valence-electron chi connectivity index (χ2n) is 8.03. The number of likely N-dealkylation sites (tertiary alicyclic amines) is 1. The molecule has 4 rings (SSSR count). The van der Waals surface area contributed by atoms with E-state index in [2.05, 4.69) is 21.9 Å². The fourth-order valence-electron chi connectivity index (χ4n) is 3.92. The van der Waals surface area contributed by atoms with Crippen LogP contribution in [0.1, 0.15) is 35.5 Å². The quantitative estimate of drug-likeness (QED) is 0.727. The average Bonchev–Trinajstić information content (AvgIpc) is 3.45. The molecule has 0 saturated carbocycles. The van der Waals surface area contributed by atoms with Gasteiger partial charge in [0, 0.05) is 31.5 Å². The molecule has 2 saturated heterocycles. The first-order chi connectivity index (χ1) is 15.6. The van der Waals surface area contributed by atoms with Gasteiger partial charge in [-0.1, -0.05) is 0 Å². The molecule has 0 aromatic carbocycles. The molecule has 1 amide bonds. The fraction of sp³-hybridized carbons (Fsp3) is 0.524. The molecule has 4 heterocycles. The van der Waals surface area contributed by atoms with Crippen LogP contribution in [0.3, 0.4) is 0 Å². The van der Waals surface area contributed by atoms with Crippen molar-refractivity contribution < 1.29 is 37.0 Å². The van der Waals surface area contributed by atoms with E-state index in [0.717, 1.165) is 38.2 Å². The summed E-state index contributed by atoms with van der Waals surface area (Å²) >= 11 is 0. The van der Waals surface area contributed by atoms with Gasteiger partial charge >= 0.3 is 12.1 Å². The van der Waals surface area contributed by atoms with Crippen molar-refractivity contribution in [2.24, 2.45) is 0 Å². The molecular weight excluding hydrogens is 445 g/mol. The molecule has 180 valence electrons. The molecule has 1 atom stereocenters. The van der Waals surface area contributed by atoms with Gasteiger partial charge in [0.25, 0.3) is 5.91 Å². The van der Waals surface area contributed by atoms with Crippen molar-refractivity contribution in [1.82, 2.24) is 19.8 Å². The Bertz CT molecular complexity index is 916. The minimum absolute atomic E-state index is 0.0440. The molecule has 12 heteroatoms. The predicted molar refractivity (Wildman–Crippen MR) is 108 cm³/mol. The summed E-state index contributed by atoms with van der Waals surface area (Å²) in [5.41, 5.74) is 0.299. The van der Waals surface area contributed by atoms with Gasteiger partial charge in [0.05, 0.1) is 31.2 Å². The monoisotopic (exact) mass is 470 g/mol. The van der Waals surface area contributed by atoms with E-state index in [-0.39, 0.29) is 11.5 Å². The maximum absolute atomic E-state index is 12.5. The van der Waals surface area contributed by atoms with Gasteiger partial charge in [0.1, 0.15) is 11.5 Å². The molecule has 2 aromatic heterocycles. The van der Waals surface area contributed by atoms with E-state index in [1.807, 2.05) is 17.0 Å². The van der Waals surface area contributed by atoms with E-state index in [9.17, 15) is 18.0 Å². The maximum Gasteiger partial charge on any atom is 0.490 e. The Kier molecular flexibility index (Phi) is 7.69. The summed E-state index contributed by atoms with van der Waals surface area (Å²) in [7, 11) is 2.11. The summed E-state index contributed by atoms with van der Waals surface area (Å²) in [4.78, 5) is 33.7. The van der Waals surface area contributed by atoms with Crippen LogP contribution >= 0.6 is 0 Å². The van der Waals surface area contributed by atoms with Crippen LogP contribution in [-0.4, -0.2) is 81.3 Å². The first kappa shape index (κ1) is 24.6. The van der Waals surface area contributed by atoms with Crippen LogP contribution in [-0.2, 0) is 16.1 Å². The number of likely N-dealkylation sites (N-methyl/N-ethyl adjacent to an activating group) is 1. The number of carbonyl (C=O) groups excluding carboxylic acids is 1. The highest BCUT2D eigenvalue weighted by Crippen LogP contribution is 2.38. The number of ether oxygens (including phenoxy) is 1. The minimum Gasteiger partial charge on any atom is -0.475 e. The maximum atomic E-state index is 12.5. The number of piperidine rings is 1. The van der Waals surface area contributed by atoms with Crippen LogP contribution in [0.2, 0.25) is 0 Å². The highest BCUT2D eigenvalue weighted by Gasteiger charge is 2.44. The molecule has 1 N–H and O–H groups in total. The molecule has 0 bridgehead atoms. The molecular formula is C21H25F3N4O5. The van der Waals surface area contributed by atoms with Gasteiger partial charge in [-0.3, -0.25) is 14.7 Å². The summed E-state index contributed by atoms with van der Waals surface area (Å²) in [5.74, 6) is -1.83. The van der Waals surface area contributed by atoms with E-state index in [1.165, 1.54) is 6.20 Å². The number of carbonyl (C=O) groups is 2. The van der Waals surface area contributed by atoms with Gasteiger partial charge in [0.15, 0.2) is 0 Å². The fourth-order valence-corrected chi connectivity index (χ4v) is 3.92. The van der Waals surface area contributed by atoms with E-state index in [1.54, 1.807) is 18.7 Å². The number of aliphatic carboxylic acids is 1. The van der Waals surface area contributed by atoms with Crippen molar-refractivity contribution >= 4 is 11.9 Å². The number of carboxylic acid groups (broad SMARTS) is 1. The summed E-state index contributed by atoms with van der Waals surface area (Å²) in [6.45, 7) is 2.91. The van der Waals surface area contributed by atoms with E-state index in [0.29, 0.717) is 24.8 Å². The summed E-state index contributed by atoms with van der Waals surface area (Å²) < 4.78 is 43.4. The molecule has 9 nitrogen and oxygen atoms in total. The van der Waals surface area contributed by atoms with Crippen molar-refractivity contribution in [2.45, 2.75) is 43.6 Å². The number of nitrogens with zero attached hydrogens (tertiary/aromatic N) is 4. The van der Waals surface area contributed by atoms with Crippen molar-refractivity contribution in [3.8, 4) is 0 Å². The van der Waals surface area contributed by atoms with Gasteiger partial charge < -0.3 is 19.2 Å². The van der Waals surface area contributed by atoms with E-state index in [4.69, 9.17) is 19.1 Å². The molecule has 2 fully saturated rings. The zero-order valence-corrected chi connectivity index (χ0v) is 18.0. The first-order valence-electron chi connectivity index (χ1n) is 10.3. The van der Waals surface area contributed by atoms with Gasteiger partial charge in [-0.05, 0) is 38.4 Å². The highest BCUT2D eigenvalue weighted by molar-refractivity contribution is 5.92. The molecule has 0 radical (unpaired) electrons. The minimum atomic E-state index is -5.08. The molecule has 2 aliphatic rings. The Hall–Kier alpha value is -2.99. The van der Waals surface area contributed by atoms with Crippen molar-refractivity contribution in [3.05, 3.63) is 48.4 Å². The van der Waals surface area contributed by atoms with Crippen LogP contribution in [0.4, 0.5) is 13.2 Å². The Morgan fingerprint density at radius 3 is 2.55 bits per heavy atom. The Morgan fingerprint density at radius 1 is 1.30 bits per heavy atom. The van der Waals surface area contributed by atoms with Crippen molar-refractivity contribution in [2.75, 3.05) is 26.7 Å². The van der Waals surface area contributed by atoms with E-state index < -0.39 is 12.1 Å². The molecule has 2 aromatic rings. The predicted octanol–water partition coefficient (Wildman–Crippen LogP) is 2.60. The van der Waals surface area contributed by atoms with Crippen LogP contribution in [0.15, 0.2) is 41.4 Å². The highest BCUT2D eigenvalue weighted by atomic mass is 19.4. The number of rotatable bonds is 4. The molecule has 2 aliphatic heterocycles. The number of furan rings is 1. The lowest BCUT2D eigenvalue weighted by Crippen LogP contribution is -2.47. The largest absolute Gasteiger partial charge is 0.490 e. The smallest absolute Gasteiger partial charge is 0.475 e. The number of carboxylic acids is 1. The molecule has 0 aliphatic carbocycles. The van der Waals surface area contributed by atoms with Gasteiger partial charge in [0.2, 0.25) is 0 Å². The second-order valence-corrected chi connectivity index (χ2v) is 8.03. The van der Waals surface area contributed by atoms with Gasteiger partial charge in [-0.15, -0.1) is 0 Å². The summed E-state index contributed by atoms with van der Waals surface area (Å²) in [5, 5.41) is 7.12. The second kappa shape index (κ2) is 10.3. The van der Waals surface area contributed by atoms with Crippen LogP contribution < -0.4 is 0 Å². The Morgan fingerprint density at radius 2 is 2.00 bits per heavy atom. The third-order valence-corrected chi connectivity index (χ3v) is 5.78. The van der Waals surface area contributed by atoms with Crippen LogP contribution in [0.25, 0.3) is 0 Å². The van der Waals surface area contributed by atoms with Crippen LogP contribution in [0.5, 0.6) is 0 Å². The average molecular weight is 470 g/mol. The zero-order valence-electron chi connectivity index (χ0n) is 18.0. The number of hydrogen-bond donors (Lipinski definition) is 1. The van der Waals surface area contributed by atoms with Gasteiger partial charge in [-0.25, -0.2) is 9.78 Å². The van der Waals surface area contributed by atoms with E-state index >= 15 is 0 Å². The third-order valence-electron chi connectivity index (χ3n) is 5.78. The lowest BCUT2D eigenvalue weighted by molar-refractivity contribution is -0.192.